The molecule has 0 heterocycles. The van der Waals surface area contributed by atoms with Gasteiger partial charge in [-0.05, 0) is 12.5 Å². The van der Waals surface area contributed by atoms with Crippen LogP contribution in [0.15, 0.2) is 30.3 Å². The molecule has 1 rings (SSSR count). The molecule has 3 atom stereocenters. The Kier molecular flexibility index (Phi) is 9.26. The first-order valence-electron chi connectivity index (χ1n) is 8.71. The average molecular weight is 408 g/mol. The van der Waals surface area contributed by atoms with Gasteiger partial charge in [-0.1, -0.05) is 30.3 Å². The number of nitrogens with one attached hydrogen (secondary N) is 3. The van der Waals surface area contributed by atoms with Crippen molar-refractivity contribution in [3.8, 4) is 0 Å². The summed E-state index contributed by atoms with van der Waals surface area (Å²) in [7, 11) is 0. The molecule has 3 unspecified atom stereocenters. The van der Waals surface area contributed by atoms with Gasteiger partial charge in [0.25, 0.3) is 0 Å². The number of aliphatic carboxylic acids is 2. The quantitative estimate of drug-likeness (QED) is 0.248. The number of benzene rings is 1. The van der Waals surface area contributed by atoms with Crippen LogP contribution in [0.4, 0.5) is 0 Å². The van der Waals surface area contributed by atoms with Crippen LogP contribution in [0.3, 0.4) is 0 Å². The maximum absolute atomic E-state index is 12.5. The van der Waals surface area contributed by atoms with Crippen LogP contribution in [0.1, 0.15) is 18.9 Å². The van der Waals surface area contributed by atoms with Crippen molar-refractivity contribution in [1.82, 2.24) is 16.0 Å². The highest BCUT2D eigenvalue weighted by atomic mass is 16.4. The molecule has 29 heavy (non-hydrogen) atoms. The second-order valence-electron chi connectivity index (χ2n) is 6.30. The number of carboxylic acid groups (broad SMARTS) is 2. The third kappa shape index (κ3) is 8.84. The largest absolute Gasteiger partial charge is 0.481 e. The van der Waals surface area contributed by atoms with E-state index in [0.29, 0.717) is 5.56 Å². The van der Waals surface area contributed by atoms with Crippen molar-refractivity contribution in [1.29, 1.82) is 0 Å². The summed E-state index contributed by atoms with van der Waals surface area (Å²) in [5.74, 6) is -4.75. The number of hydrogen-bond acceptors (Lipinski definition) is 6. The highest BCUT2D eigenvalue weighted by Crippen LogP contribution is 2.04. The van der Waals surface area contributed by atoms with E-state index in [0.717, 1.165) is 0 Å². The van der Waals surface area contributed by atoms with Crippen LogP contribution in [0.25, 0.3) is 0 Å². The molecule has 1 aromatic carbocycles. The Morgan fingerprint density at radius 1 is 1.00 bits per heavy atom. The SMILES string of the molecule is CC(NC(=O)CNC(=O)C(Cc1ccccc1)NC(=O)C(N)CC(=O)O)C(=O)O. The predicted molar refractivity (Wildman–Crippen MR) is 101 cm³/mol. The molecule has 0 aliphatic carbocycles. The van der Waals surface area contributed by atoms with Crippen LogP contribution in [-0.4, -0.2) is 64.5 Å². The first-order chi connectivity index (χ1) is 13.6. The van der Waals surface area contributed by atoms with Gasteiger partial charge in [-0.15, -0.1) is 0 Å². The van der Waals surface area contributed by atoms with Crippen molar-refractivity contribution in [3.05, 3.63) is 35.9 Å². The van der Waals surface area contributed by atoms with E-state index in [1.54, 1.807) is 30.3 Å². The fraction of sp³-hybridized carbons (Fsp3) is 0.389. The van der Waals surface area contributed by atoms with Crippen LogP contribution in [0.2, 0.25) is 0 Å². The molecule has 11 nitrogen and oxygen atoms in total. The molecule has 158 valence electrons. The first kappa shape index (κ1) is 23.6. The lowest BCUT2D eigenvalue weighted by molar-refractivity contribution is -0.141. The van der Waals surface area contributed by atoms with Gasteiger partial charge in [0, 0.05) is 6.42 Å². The van der Waals surface area contributed by atoms with Gasteiger partial charge >= 0.3 is 11.9 Å². The van der Waals surface area contributed by atoms with Crippen molar-refractivity contribution in [3.63, 3.8) is 0 Å². The van der Waals surface area contributed by atoms with E-state index >= 15 is 0 Å². The van der Waals surface area contributed by atoms with Gasteiger partial charge in [0.2, 0.25) is 17.7 Å². The van der Waals surface area contributed by atoms with Crippen LogP contribution in [0.5, 0.6) is 0 Å². The number of hydrogen-bond donors (Lipinski definition) is 6. The van der Waals surface area contributed by atoms with E-state index in [1.165, 1.54) is 6.92 Å². The van der Waals surface area contributed by atoms with Gasteiger partial charge in [0.1, 0.15) is 12.1 Å². The molecule has 1 aromatic rings. The Labute approximate surface area is 166 Å². The van der Waals surface area contributed by atoms with Crippen molar-refractivity contribution < 1.29 is 34.2 Å². The Hall–Kier alpha value is -3.47. The fourth-order valence-electron chi connectivity index (χ4n) is 2.26. The predicted octanol–water partition coefficient (Wildman–Crippen LogP) is -1.78. The molecule has 0 aromatic heterocycles. The highest BCUT2D eigenvalue weighted by molar-refractivity contribution is 5.93. The number of nitrogens with two attached hydrogens (primary N) is 1. The zero-order valence-electron chi connectivity index (χ0n) is 15.8. The Bertz CT molecular complexity index is 754. The van der Waals surface area contributed by atoms with E-state index in [1.807, 2.05) is 0 Å². The van der Waals surface area contributed by atoms with E-state index in [-0.39, 0.29) is 6.42 Å². The minimum atomic E-state index is -1.35. The number of carbonyl (C=O) groups excluding carboxylic acids is 3. The van der Waals surface area contributed by atoms with E-state index in [4.69, 9.17) is 15.9 Å². The van der Waals surface area contributed by atoms with Crippen molar-refractivity contribution >= 4 is 29.7 Å². The van der Waals surface area contributed by atoms with Gasteiger partial charge in [-0.25, -0.2) is 0 Å². The Morgan fingerprint density at radius 2 is 1.62 bits per heavy atom. The van der Waals surface area contributed by atoms with Crippen molar-refractivity contribution in [2.75, 3.05) is 6.54 Å². The minimum absolute atomic E-state index is 0.0748. The molecule has 0 saturated carbocycles. The summed E-state index contributed by atoms with van der Waals surface area (Å²) in [6.45, 7) is 0.767. The molecule has 0 saturated heterocycles. The minimum Gasteiger partial charge on any atom is -0.481 e. The molecule has 7 N–H and O–H groups in total. The second kappa shape index (κ2) is 11.4. The molecule has 11 heteroatoms. The van der Waals surface area contributed by atoms with E-state index in [9.17, 15) is 24.0 Å². The monoisotopic (exact) mass is 408 g/mol. The molecular formula is C18H24N4O7. The smallest absolute Gasteiger partial charge is 0.325 e. The summed E-state index contributed by atoms with van der Waals surface area (Å²) >= 11 is 0. The van der Waals surface area contributed by atoms with Crippen molar-refractivity contribution in [2.24, 2.45) is 5.73 Å². The highest BCUT2D eigenvalue weighted by Gasteiger charge is 2.26. The molecule has 0 aliphatic rings. The first-order valence-corrected chi connectivity index (χ1v) is 8.71. The average Bonchev–Trinajstić information content (AvgIpc) is 2.65. The third-order valence-corrected chi connectivity index (χ3v) is 3.82. The van der Waals surface area contributed by atoms with Crippen LogP contribution < -0.4 is 21.7 Å². The third-order valence-electron chi connectivity index (χ3n) is 3.82. The van der Waals surface area contributed by atoms with Crippen molar-refractivity contribution in [2.45, 2.75) is 37.9 Å². The summed E-state index contributed by atoms with van der Waals surface area (Å²) < 4.78 is 0. The lowest BCUT2D eigenvalue weighted by atomic mass is 10.0. The van der Waals surface area contributed by atoms with Crippen LogP contribution in [0, 0.1) is 0 Å². The summed E-state index contributed by atoms with van der Waals surface area (Å²) in [5.41, 5.74) is 6.23. The summed E-state index contributed by atoms with van der Waals surface area (Å²) in [6, 6.07) is 5.11. The number of carboxylic acids is 2. The van der Waals surface area contributed by atoms with Crippen LogP contribution >= 0.6 is 0 Å². The van der Waals surface area contributed by atoms with Gasteiger partial charge < -0.3 is 31.9 Å². The lowest BCUT2D eigenvalue weighted by Crippen LogP contribution is -2.54. The van der Waals surface area contributed by atoms with Crippen LogP contribution in [-0.2, 0) is 30.4 Å². The van der Waals surface area contributed by atoms with Gasteiger partial charge in [-0.2, -0.15) is 0 Å². The molecule has 0 aliphatic heterocycles. The molecule has 0 bridgehead atoms. The summed E-state index contributed by atoms with van der Waals surface area (Å²) in [4.78, 5) is 57.8. The van der Waals surface area contributed by atoms with Gasteiger partial charge in [0.05, 0.1) is 19.0 Å². The molecule has 0 fully saturated rings. The zero-order valence-corrected chi connectivity index (χ0v) is 15.8. The summed E-state index contributed by atoms with van der Waals surface area (Å²) in [6.07, 6.45) is -0.535. The molecule has 0 radical (unpaired) electrons. The number of rotatable bonds is 11. The van der Waals surface area contributed by atoms with Gasteiger partial charge in [-0.3, -0.25) is 24.0 Å². The zero-order chi connectivity index (χ0) is 22.0. The number of amides is 3. The second-order valence-corrected chi connectivity index (χ2v) is 6.30. The molecule has 3 amide bonds. The topological polar surface area (TPSA) is 188 Å². The number of carbonyl (C=O) groups is 5. The maximum Gasteiger partial charge on any atom is 0.325 e. The Balaban J connectivity index is 2.77. The fourth-order valence-corrected chi connectivity index (χ4v) is 2.26. The molecular weight excluding hydrogens is 384 g/mol. The van der Waals surface area contributed by atoms with E-state index < -0.39 is 60.8 Å². The standard InChI is InChI=1S/C18H24N4O7/c1-10(18(28)29)21-14(23)9-20-17(27)13(7-11-5-3-2-4-6-11)22-16(26)12(19)8-15(24)25/h2-6,10,12-13H,7-9,19H2,1H3,(H,20,27)(H,21,23)(H,22,26)(H,24,25)(H,28,29). The van der Waals surface area contributed by atoms with Gasteiger partial charge in [0.15, 0.2) is 0 Å². The Morgan fingerprint density at radius 3 is 2.17 bits per heavy atom. The maximum atomic E-state index is 12.5. The molecule has 0 spiro atoms. The van der Waals surface area contributed by atoms with E-state index in [2.05, 4.69) is 16.0 Å². The summed E-state index contributed by atoms with van der Waals surface area (Å²) in [5, 5.41) is 24.4. The lowest BCUT2D eigenvalue weighted by Gasteiger charge is -2.20. The normalized spacial score (nSPS) is 13.4.